The Balaban J connectivity index is 2.21. The van der Waals surface area contributed by atoms with Gasteiger partial charge >= 0.3 is 0 Å². The highest BCUT2D eigenvalue weighted by Gasteiger charge is 2.00. The van der Waals surface area contributed by atoms with Crippen LogP contribution >= 0.6 is 0 Å². The summed E-state index contributed by atoms with van der Waals surface area (Å²) >= 11 is 0. The Morgan fingerprint density at radius 3 is 3.07 bits per heavy atom. The largest absolute Gasteiger partial charge is 0.383 e. The maximum atomic E-state index is 4.96. The highest BCUT2D eigenvalue weighted by atomic mass is 16.5. The van der Waals surface area contributed by atoms with E-state index in [4.69, 9.17) is 4.74 Å². The Morgan fingerprint density at radius 1 is 1.47 bits per heavy atom. The molecule has 0 aliphatic carbocycles. The average Bonchev–Trinajstić information content (AvgIpc) is 2.66. The third kappa shape index (κ3) is 4.44. The molecule has 0 aromatic carbocycles. The quantitative estimate of drug-likeness (QED) is 0.654. The predicted octanol–water partition coefficient (Wildman–Crippen LogP) is 1.07. The first-order valence-corrected chi connectivity index (χ1v) is 5.58. The fourth-order valence-corrected chi connectivity index (χ4v) is 1.50. The predicted molar refractivity (Wildman–Crippen MR) is 61.0 cm³/mol. The van der Waals surface area contributed by atoms with Crippen molar-refractivity contribution in [3.63, 3.8) is 0 Å². The van der Waals surface area contributed by atoms with Gasteiger partial charge in [0.05, 0.1) is 6.61 Å². The van der Waals surface area contributed by atoms with Gasteiger partial charge in [-0.25, -0.2) is 0 Å². The highest BCUT2D eigenvalue weighted by Crippen LogP contribution is 2.00. The lowest BCUT2D eigenvalue weighted by Crippen LogP contribution is -2.22. The molecule has 0 aliphatic rings. The van der Waals surface area contributed by atoms with Crippen LogP contribution in [0.3, 0.4) is 0 Å². The summed E-state index contributed by atoms with van der Waals surface area (Å²) in [7, 11) is 1.72. The summed E-state index contributed by atoms with van der Waals surface area (Å²) in [6.45, 7) is 5.86. The molecule has 1 N–H and O–H groups in total. The third-order valence-electron chi connectivity index (χ3n) is 2.28. The number of nitrogens with one attached hydrogen (secondary N) is 1. The molecule has 0 amide bonds. The van der Waals surface area contributed by atoms with Crippen molar-refractivity contribution in [3.8, 4) is 0 Å². The fourth-order valence-electron chi connectivity index (χ4n) is 1.50. The van der Waals surface area contributed by atoms with Crippen LogP contribution in [0, 0.1) is 0 Å². The smallest absolute Gasteiger partial charge is 0.0587 e. The molecule has 4 heteroatoms. The SMILES string of the molecule is CCCn1nccc1CCNCCOC. The molecule has 1 rings (SSSR count). The van der Waals surface area contributed by atoms with Crippen LogP contribution in [0.5, 0.6) is 0 Å². The molecule has 1 aromatic rings. The molecule has 0 aliphatic heterocycles. The van der Waals surface area contributed by atoms with Crippen molar-refractivity contribution in [3.05, 3.63) is 18.0 Å². The van der Waals surface area contributed by atoms with E-state index in [-0.39, 0.29) is 0 Å². The van der Waals surface area contributed by atoms with Gasteiger partial charge in [-0.3, -0.25) is 4.68 Å². The monoisotopic (exact) mass is 211 g/mol. The van der Waals surface area contributed by atoms with Crippen LogP contribution in [0.1, 0.15) is 19.0 Å². The Bertz CT molecular complexity index is 260. The summed E-state index contributed by atoms with van der Waals surface area (Å²) in [5.74, 6) is 0. The Kier molecular flexibility index (Phi) is 6.04. The van der Waals surface area contributed by atoms with E-state index in [1.54, 1.807) is 7.11 Å². The summed E-state index contributed by atoms with van der Waals surface area (Å²) in [4.78, 5) is 0. The normalized spacial score (nSPS) is 10.8. The van der Waals surface area contributed by atoms with E-state index >= 15 is 0 Å². The molecule has 0 unspecified atom stereocenters. The standard InChI is InChI=1S/C11H21N3O/c1-3-9-14-11(5-7-13-14)4-6-12-8-10-15-2/h5,7,12H,3-4,6,8-10H2,1-2H3. The van der Waals surface area contributed by atoms with E-state index in [9.17, 15) is 0 Å². The van der Waals surface area contributed by atoms with Gasteiger partial charge in [-0.1, -0.05) is 6.92 Å². The van der Waals surface area contributed by atoms with Crippen molar-refractivity contribution in [2.75, 3.05) is 26.8 Å². The van der Waals surface area contributed by atoms with Crippen LogP contribution in [0.2, 0.25) is 0 Å². The molecule has 0 bridgehead atoms. The van der Waals surface area contributed by atoms with Gasteiger partial charge < -0.3 is 10.1 Å². The Hall–Kier alpha value is -0.870. The second-order valence-electron chi connectivity index (χ2n) is 3.54. The zero-order valence-corrected chi connectivity index (χ0v) is 9.70. The summed E-state index contributed by atoms with van der Waals surface area (Å²) in [5, 5.41) is 7.61. The average molecular weight is 211 g/mol. The maximum Gasteiger partial charge on any atom is 0.0587 e. The van der Waals surface area contributed by atoms with Gasteiger partial charge in [0.1, 0.15) is 0 Å². The van der Waals surface area contributed by atoms with E-state index < -0.39 is 0 Å². The first kappa shape index (κ1) is 12.2. The van der Waals surface area contributed by atoms with Crippen LogP contribution in [-0.4, -0.2) is 36.6 Å². The zero-order chi connectivity index (χ0) is 10.9. The molecule has 0 spiro atoms. The van der Waals surface area contributed by atoms with Gasteiger partial charge in [0.2, 0.25) is 0 Å². The molecule has 4 nitrogen and oxygen atoms in total. The van der Waals surface area contributed by atoms with Gasteiger partial charge in [-0.05, 0) is 12.5 Å². The molecular weight excluding hydrogens is 190 g/mol. The summed E-state index contributed by atoms with van der Waals surface area (Å²) in [5.41, 5.74) is 1.31. The van der Waals surface area contributed by atoms with Gasteiger partial charge in [0.15, 0.2) is 0 Å². The van der Waals surface area contributed by atoms with Crippen LogP contribution in [-0.2, 0) is 17.7 Å². The second-order valence-corrected chi connectivity index (χ2v) is 3.54. The first-order valence-electron chi connectivity index (χ1n) is 5.58. The van der Waals surface area contributed by atoms with E-state index in [1.807, 2.05) is 6.20 Å². The molecule has 86 valence electrons. The Labute approximate surface area is 91.6 Å². The van der Waals surface area contributed by atoms with Crippen molar-refractivity contribution in [2.45, 2.75) is 26.3 Å². The van der Waals surface area contributed by atoms with Crippen molar-refractivity contribution in [2.24, 2.45) is 0 Å². The van der Waals surface area contributed by atoms with E-state index in [0.717, 1.165) is 39.1 Å². The van der Waals surface area contributed by atoms with E-state index in [0.29, 0.717) is 0 Å². The Morgan fingerprint density at radius 2 is 2.33 bits per heavy atom. The molecule has 0 saturated carbocycles. The van der Waals surface area contributed by atoms with Crippen LogP contribution in [0.15, 0.2) is 12.3 Å². The van der Waals surface area contributed by atoms with Crippen LogP contribution < -0.4 is 5.32 Å². The minimum absolute atomic E-state index is 0.772. The molecule has 1 heterocycles. The van der Waals surface area contributed by atoms with Crippen LogP contribution in [0.25, 0.3) is 0 Å². The third-order valence-corrected chi connectivity index (χ3v) is 2.28. The minimum Gasteiger partial charge on any atom is -0.383 e. The summed E-state index contributed by atoms with van der Waals surface area (Å²) in [6, 6.07) is 2.09. The van der Waals surface area contributed by atoms with Gasteiger partial charge in [0, 0.05) is 45.1 Å². The van der Waals surface area contributed by atoms with Gasteiger partial charge in [-0.2, -0.15) is 5.10 Å². The topological polar surface area (TPSA) is 39.1 Å². The molecule has 0 radical (unpaired) electrons. The second kappa shape index (κ2) is 7.43. The molecule has 15 heavy (non-hydrogen) atoms. The van der Waals surface area contributed by atoms with Crippen molar-refractivity contribution in [1.82, 2.24) is 15.1 Å². The number of aromatic nitrogens is 2. The van der Waals surface area contributed by atoms with Crippen molar-refractivity contribution in [1.29, 1.82) is 0 Å². The number of nitrogens with zero attached hydrogens (tertiary/aromatic N) is 2. The summed E-state index contributed by atoms with van der Waals surface area (Å²) < 4.78 is 7.04. The number of hydrogen-bond acceptors (Lipinski definition) is 3. The number of methoxy groups -OCH3 is 1. The van der Waals surface area contributed by atoms with Crippen molar-refractivity contribution >= 4 is 0 Å². The molecule has 1 aromatic heterocycles. The number of ether oxygens (including phenoxy) is 1. The van der Waals surface area contributed by atoms with Crippen LogP contribution in [0.4, 0.5) is 0 Å². The number of aryl methyl sites for hydroxylation is 1. The van der Waals surface area contributed by atoms with Gasteiger partial charge in [-0.15, -0.1) is 0 Å². The lowest BCUT2D eigenvalue weighted by Gasteiger charge is -2.06. The number of rotatable bonds is 8. The van der Waals surface area contributed by atoms with E-state index in [2.05, 4.69) is 28.1 Å². The van der Waals surface area contributed by atoms with Gasteiger partial charge in [0.25, 0.3) is 0 Å². The summed E-state index contributed by atoms with van der Waals surface area (Å²) in [6.07, 6.45) is 4.04. The molecule has 0 saturated heterocycles. The fraction of sp³-hybridized carbons (Fsp3) is 0.727. The highest BCUT2D eigenvalue weighted by molar-refractivity contribution is 5.00. The lowest BCUT2D eigenvalue weighted by atomic mass is 10.3. The minimum atomic E-state index is 0.772. The lowest BCUT2D eigenvalue weighted by molar-refractivity contribution is 0.199. The molecule has 0 fully saturated rings. The first-order chi connectivity index (χ1) is 7.38. The van der Waals surface area contributed by atoms with E-state index in [1.165, 1.54) is 5.69 Å². The number of hydrogen-bond donors (Lipinski definition) is 1. The maximum absolute atomic E-state index is 4.96. The molecular formula is C11H21N3O. The zero-order valence-electron chi connectivity index (χ0n) is 9.70. The molecule has 0 atom stereocenters. The van der Waals surface area contributed by atoms with Crippen molar-refractivity contribution < 1.29 is 4.74 Å².